The molecule has 0 spiro atoms. The van der Waals surface area contributed by atoms with E-state index in [1.54, 1.807) is 12.1 Å². The van der Waals surface area contributed by atoms with Gasteiger partial charge in [-0.1, -0.05) is 0 Å². The van der Waals surface area contributed by atoms with E-state index < -0.39 is 10.8 Å². The van der Waals surface area contributed by atoms with Crippen molar-refractivity contribution in [1.29, 1.82) is 10.5 Å². The first-order valence-electron chi connectivity index (χ1n) is 4.38. The van der Waals surface area contributed by atoms with Crippen molar-refractivity contribution in [3.63, 3.8) is 0 Å². The zero-order valence-electron chi connectivity index (χ0n) is 9.19. The van der Waals surface area contributed by atoms with Crippen molar-refractivity contribution in [3.05, 3.63) is 27.8 Å². The molecule has 1 heterocycles. The maximum Gasteiger partial charge on any atom is 1.00 e. The first kappa shape index (κ1) is 14.5. The van der Waals surface area contributed by atoms with Gasteiger partial charge in [-0.25, -0.2) is 0 Å². The Morgan fingerprint density at radius 3 is 2.44 bits per heavy atom. The Labute approximate surface area is 127 Å². The molecule has 0 N–H and O–H groups in total. The maximum absolute atomic E-state index is 10.7. The predicted octanol–water partition coefficient (Wildman–Crippen LogP) is -1.27. The van der Waals surface area contributed by atoms with E-state index in [2.05, 4.69) is 8.75 Å². The first-order valence-corrected chi connectivity index (χ1v) is 5.11. The van der Waals surface area contributed by atoms with E-state index in [9.17, 15) is 10.1 Å². The molecule has 0 amide bonds. The van der Waals surface area contributed by atoms with Crippen molar-refractivity contribution in [2.75, 3.05) is 0 Å². The largest absolute Gasteiger partial charge is 1.00 e. The van der Waals surface area contributed by atoms with E-state index in [0.717, 1.165) is 11.7 Å². The maximum atomic E-state index is 10.7. The van der Waals surface area contributed by atoms with Crippen LogP contribution in [0.2, 0.25) is 0 Å². The topological polar surface area (TPSA) is 116 Å². The van der Waals surface area contributed by atoms with Gasteiger partial charge in [0.15, 0.2) is 11.4 Å². The molecule has 82 valence electrons. The Hall–Kier alpha value is -1.58. The van der Waals surface area contributed by atoms with Crippen LogP contribution in [0.5, 0.6) is 0 Å². The van der Waals surface area contributed by atoms with Crippen LogP contribution in [-0.4, -0.2) is 13.7 Å². The summed E-state index contributed by atoms with van der Waals surface area (Å²) in [7, 11) is 0. The van der Waals surface area contributed by atoms with Crippen molar-refractivity contribution < 1.29 is 34.5 Å². The minimum absolute atomic E-state index is 0. The molecule has 0 aliphatic heterocycles. The summed E-state index contributed by atoms with van der Waals surface area (Å²) < 4.78 is 7.72. The molecule has 0 atom stereocenters. The summed E-state index contributed by atoms with van der Waals surface area (Å²) in [5.41, 5.74) is 0.543. The Bertz CT molecular complexity index is 672. The molecule has 0 saturated heterocycles. The number of rotatable bonds is 2. The van der Waals surface area contributed by atoms with E-state index >= 15 is 0 Å². The molecule has 0 radical (unpaired) electrons. The molecule has 7 nitrogen and oxygen atoms in total. The standard InChI is InChI=1S/C9H3N5O2S.Na/c10-3-5(4-11)6-1-2-7(14(15)16)9-8(6)12-17-13-9;/h1-2,5H;/q;+1. The smallest absolute Gasteiger partial charge is 0.258 e. The molecule has 1 aromatic heterocycles. The molecule has 0 unspecified atom stereocenters. The Morgan fingerprint density at radius 2 is 1.89 bits per heavy atom. The third kappa shape index (κ3) is 2.33. The van der Waals surface area contributed by atoms with Gasteiger partial charge in [-0.3, -0.25) is 10.1 Å². The summed E-state index contributed by atoms with van der Waals surface area (Å²) in [6.07, 6.45) is 0. The van der Waals surface area contributed by atoms with Crippen LogP contribution in [0.1, 0.15) is 11.5 Å². The zero-order valence-corrected chi connectivity index (χ0v) is 12.0. The van der Waals surface area contributed by atoms with Crippen molar-refractivity contribution >= 4 is 28.4 Å². The van der Waals surface area contributed by atoms with Crippen LogP contribution in [0.25, 0.3) is 11.0 Å². The second-order valence-electron chi connectivity index (χ2n) is 3.08. The summed E-state index contributed by atoms with van der Waals surface area (Å²) >= 11 is 0.814. The van der Waals surface area contributed by atoms with E-state index in [1.165, 1.54) is 12.1 Å². The molecule has 0 aliphatic carbocycles. The van der Waals surface area contributed by atoms with Gasteiger partial charge in [0, 0.05) is 11.6 Å². The van der Waals surface area contributed by atoms with Gasteiger partial charge in [0.1, 0.15) is 5.52 Å². The quantitative estimate of drug-likeness (QED) is 0.381. The molecule has 2 aromatic rings. The zero-order chi connectivity index (χ0) is 12.4. The van der Waals surface area contributed by atoms with Crippen LogP contribution >= 0.6 is 11.7 Å². The van der Waals surface area contributed by atoms with Gasteiger partial charge >= 0.3 is 29.6 Å². The minimum atomic E-state index is -0.998. The predicted molar refractivity (Wildman–Crippen MR) is 58.0 cm³/mol. The Morgan fingerprint density at radius 1 is 1.28 bits per heavy atom. The molecule has 0 saturated carbocycles. The minimum Gasteiger partial charge on any atom is -0.258 e. The van der Waals surface area contributed by atoms with Crippen LogP contribution in [0.15, 0.2) is 12.1 Å². The van der Waals surface area contributed by atoms with Crippen LogP contribution in [0.3, 0.4) is 0 Å². The molecule has 18 heavy (non-hydrogen) atoms. The van der Waals surface area contributed by atoms with Crippen LogP contribution in [0, 0.1) is 32.8 Å². The van der Waals surface area contributed by atoms with E-state index in [4.69, 9.17) is 10.5 Å². The number of nitro groups is 1. The number of hydrogen-bond acceptors (Lipinski definition) is 7. The number of fused-ring (bicyclic) bond motifs is 1. The number of aromatic nitrogens is 2. The third-order valence-corrected chi connectivity index (χ3v) is 2.72. The Kier molecular flexibility index (Phi) is 4.70. The number of hydrogen-bond donors (Lipinski definition) is 0. The first-order chi connectivity index (χ1) is 8.19. The van der Waals surface area contributed by atoms with E-state index in [0.29, 0.717) is 5.56 Å². The second kappa shape index (κ2) is 5.85. The SMILES string of the molecule is N#CC(C#N)c1ccc([N+](=O)[O-])c2nsnc12.[Na+]. The molecule has 2 rings (SSSR count). The average Bonchev–Trinajstić information content (AvgIpc) is 2.79. The number of non-ortho nitro benzene ring substituents is 1. The molecular weight excluding hydrogens is 265 g/mol. The molecule has 1 aromatic carbocycles. The third-order valence-electron chi connectivity index (χ3n) is 2.19. The summed E-state index contributed by atoms with van der Waals surface area (Å²) in [5.74, 6) is -0.998. The monoisotopic (exact) mass is 268 g/mol. The van der Waals surface area contributed by atoms with Crippen molar-refractivity contribution in [1.82, 2.24) is 8.75 Å². The van der Waals surface area contributed by atoms with Gasteiger partial charge in [0.05, 0.1) is 28.8 Å². The summed E-state index contributed by atoms with van der Waals surface area (Å²) in [5, 5.41) is 28.4. The van der Waals surface area contributed by atoms with Gasteiger partial charge in [-0.05, 0) is 6.07 Å². The van der Waals surface area contributed by atoms with Crippen molar-refractivity contribution in [3.8, 4) is 12.1 Å². The van der Waals surface area contributed by atoms with Gasteiger partial charge in [-0.2, -0.15) is 19.3 Å². The molecular formula is C9H3N5NaO2S+. The fourth-order valence-electron chi connectivity index (χ4n) is 1.42. The molecule has 0 aliphatic rings. The van der Waals surface area contributed by atoms with Gasteiger partial charge in [0.2, 0.25) is 0 Å². The number of benzene rings is 1. The second-order valence-corrected chi connectivity index (χ2v) is 3.61. The van der Waals surface area contributed by atoms with Gasteiger partial charge in [0.25, 0.3) is 5.69 Å². The van der Waals surface area contributed by atoms with Crippen LogP contribution in [0.4, 0.5) is 5.69 Å². The normalized spacial score (nSPS) is 9.50. The summed E-state index contributed by atoms with van der Waals surface area (Å²) in [6.45, 7) is 0. The molecule has 0 bridgehead atoms. The van der Waals surface area contributed by atoms with Crippen LogP contribution in [-0.2, 0) is 0 Å². The fraction of sp³-hybridized carbons (Fsp3) is 0.111. The number of nitro benzene ring substituents is 1. The number of nitrogens with zero attached hydrogens (tertiary/aromatic N) is 5. The van der Waals surface area contributed by atoms with Gasteiger partial charge in [-0.15, -0.1) is 0 Å². The van der Waals surface area contributed by atoms with E-state index in [-0.39, 0.29) is 46.3 Å². The van der Waals surface area contributed by atoms with Crippen molar-refractivity contribution in [2.24, 2.45) is 0 Å². The average molecular weight is 268 g/mol. The summed E-state index contributed by atoms with van der Waals surface area (Å²) in [4.78, 5) is 10.2. The summed E-state index contributed by atoms with van der Waals surface area (Å²) in [6, 6.07) is 6.22. The number of nitriles is 2. The fourth-order valence-corrected chi connectivity index (χ4v) is 2.00. The van der Waals surface area contributed by atoms with E-state index in [1.807, 2.05) is 0 Å². The van der Waals surface area contributed by atoms with Gasteiger partial charge < -0.3 is 0 Å². The Balaban J connectivity index is 0.00000162. The molecule has 0 fully saturated rings. The van der Waals surface area contributed by atoms with Crippen molar-refractivity contribution in [2.45, 2.75) is 5.92 Å². The van der Waals surface area contributed by atoms with Crippen LogP contribution < -0.4 is 29.6 Å². The molecule has 9 heteroatoms.